The molecule has 0 aliphatic carbocycles. The molecule has 0 aliphatic rings. The van der Waals surface area contributed by atoms with E-state index in [2.05, 4.69) is 75.5 Å². The van der Waals surface area contributed by atoms with E-state index >= 15 is 0 Å². The number of hydrogen-bond donors (Lipinski definition) is 0. The molecule has 0 rings (SSSR count). The topological polar surface area (TPSA) is 78.9 Å². The zero-order chi connectivity index (χ0) is 45.8. The van der Waals surface area contributed by atoms with Gasteiger partial charge in [-0.2, -0.15) is 0 Å². The average molecular weight is 869 g/mol. The van der Waals surface area contributed by atoms with Crippen LogP contribution < -0.4 is 0 Å². The Balaban J connectivity index is 4.56. The van der Waals surface area contributed by atoms with Gasteiger partial charge in [-0.15, -0.1) is 0 Å². The lowest BCUT2D eigenvalue weighted by Crippen LogP contribution is -2.30. The highest BCUT2D eigenvalue weighted by atomic mass is 16.6. The molecule has 0 radical (unpaired) electrons. The third-order valence-electron chi connectivity index (χ3n) is 9.88. The number of rotatable bonds is 42. The molecule has 1 unspecified atom stereocenters. The van der Waals surface area contributed by atoms with E-state index in [0.29, 0.717) is 12.8 Å². The highest BCUT2D eigenvalue weighted by Gasteiger charge is 2.19. The van der Waals surface area contributed by atoms with Crippen LogP contribution in [-0.2, 0) is 28.6 Å². The van der Waals surface area contributed by atoms with Crippen molar-refractivity contribution in [2.45, 2.75) is 194 Å². The Morgan fingerprint density at radius 2 is 0.635 bits per heavy atom. The molecule has 1 atom stereocenters. The smallest absolute Gasteiger partial charge is 0.306 e. The molecular weight excluding hydrogens is 781 g/mol. The minimum Gasteiger partial charge on any atom is -0.462 e. The number of esters is 3. The Bertz CT molecular complexity index is 1420. The van der Waals surface area contributed by atoms with Crippen molar-refractivity contribution in [2.75, 3.05) is 13.2 Å². The van der Waals surface area contributed by atoms with Crippen LogP contribution in [0.2, 0.25) is 0 Å². The monoisotopic (exact) mass is 869 g/mol. The summed E-state index contributed by atoms with van der Waals surface area (Å²) >= 11 is 0. The van der Waals surface area contributed by atoms with Gasteiger partial charge in [0, 0.05) is 19.3 Å². The van der Waals surface area contributed by atoms with Crippen molar-refractivity contribution in [2.24, 2.45) is 0 Å². The van der Waals surface area contributed by atoms with Crippen LogP contribution in [0.3, 0.4) is 0 Å². The summed E-state index contributed by atoms with van der Waals surface area (Å²) in [5.41, 5.74) is 0. The van der Waals surface area contributed by atoms with Gasteiger partial charge in [0.15, 0.2) is 6.10 Å². The van der Waals surface area contributed by atoms with Crippen LogP contribution in [0.1, 0.15) is 188 Å². The first kappa shape index (κ1) is 58.6. The third-order valence-corrected chi connectivity index (χ3v) is 9.88. The quantitative estimate of drug-likeness (QED) is 0.0200. The molecule has 0 fully saturated rings. The summed E-state index contributed by atoms with van der Waals surface area (Å²) in [4.78, 5) is 37.9. The molecule has 0 aromatic carbocycles. The van der Waals surface area contributed by atoms with Crippen molar-refractivity contribution < 1.29 is 28.6 Å². The molecular formula is C57H88O6. The standard InChI is InChI=1S/C57H88O6/c1-4-7-10-13-16-19-22-25-26-27-28-29-30-33-35-38-41-44-47-50-56(59)62-53-54(63-57(60)51-48-45-42-39-36-32-24-21-18-15-12-9-6-3)52-61-55(58)49-46-43-40-37-34-31-23-20-17-14-11-8-5-2/h7,9-10,12-13,15-16,18-19,21-22,24-31,33-35,54H,4-6,8,11,14,17,20,23,32,36-53H2,1-3H3/b10-7+,12-9+,16-13+,18-15+,22-19+,24-21+,26-25+,28-27+,30-29+,34-31+,35-33+. The summed E-state index contributed by atoms with van der Waals surface area (Å²) in [6.07, 6.45) is 70.0. The summed E-state index contributed by atoms with van der Waals surface area (Å²) in [6, 6.07) is 0. The first-order valence-electron chi connectivity index (χ1n) is 24.8. The Hall–Kier alpha value is -4.45. The maximum Gasteiger partial charge on any atom is 0.306 e. The molecule has 0 aromatic rings. The minimum absolute atomic E-state index is 0.115. The van der Waals surface area contributed by atoms with Crippen molar-refractivity contribution in [3.05, 3.63) is 134 Å². The lowest BCUT2D eigenvalue weighted by Gasteiger charge is -2.18. The van der Waals surface area contributed by atoms with Gasteiger partial charge in [-0.3, -0.25) is 14.4 Å². The van der Waals surface area contributed by atoms with E-state index in [0.717, 1.165) is 109 Å². The second kappa shape index (κ2) is 50.2. The summed E-state index contributed by atoms with van der Waals surface area (Å²) in [7, 11) is 0. The van der Waals surface area contributed by atoms with Crippen molar-refractivity contribution in [3.8, 4) is 0 Å². The van der Waals surface area contributed by atoms with Crippen LogP contribution in [0.5, 0.6) is 0 Å². The van der Waals surface area contributed by atoms with Gasteiger partial charge >= 0.3 is 17.9 Å². The normalized spacial score (nSPS) is 13.3. The van der Waals surface area contributed by atoms with Gasteiger partial charge in [0.25, 0.3) is 0 Å². The van der Waals surface area contributed by atoms with E-state index in [-0.39, 0.29) is 37.5 Å². The number of unbranched alkanes of at least 4 members (excludes halogenated alkanes) is 17. The molecule has 0 amide bonds. The fraction of sp³-hybridized carbons (Fsp3) is 0.561. The third kappa shape index (κ3) is 48.4. The van der Waals surface area contributed by atoms with E-state index in [4.69, 9.17) is 14.2 Å². The van der Waals surface area contributed by atoms with Gasteiger partial charge in [0.2, 0.25) is 0 Å². The highest BCUT2D eigenvalue weighted by molar-refractivity contribution is 5.71. The van der Waals surface area contributed by atoms with E-state index < -0.39 is 6.10 Å². The number of ether oxygens (including phenoxy) is 3. The molecule has 0 bridgehead atoms. The molecule has 0 saturated carbocycles. The van der Waals surface area contributed by atoms with Crippen LogP contribution in [-0.4, -0.2) is 37.2 Å². The van der Waals surface area contributed by atoms with E-state index in [9.17, 15) is 14.4 Å². The molecule has 6 heteroatoms. The van der Waals surface area contributed by atoms with Gasteiger partial charge in [-0.25, -0.2) is 0 Å². The zero-order valence-electron chi connectivity index (χ0n) is 40.0. The van der Waals surface area contributed by atoms with Crippen LogP contribution in [0, 0.1) is 0 Å². The lowest BCUT2D eigenvalue weighted by molar-refractivity contribution is -0.167. The molecule has 0 aliphatic heterocycles. The fourth-order valence-electron chi connectivity index (χ4n) is 6.18. The molecule has 0 saturated heterocycles. The van der Waals surface area contributed by atoms with E-state index in [1.807, 2.05) is 79.0 Å². The minimum atomic E-state index is -0.818. The molecule has 6 nitrogen and oxygen atoms in total. The molecule has 0 heterocycles. The Kier molecular flexibility index (Phi) is 46.7. The molecule has 63 heavy (non-hydrogen) atoms. The van der Waals surface area contributed by atoms with Crippen molar-refractivity contribution >= 4 is 17.9 Å². The van der Waals surface area contributed by atoms with Gasteiger partial charge in [0.1, 0.15) is 13.2 Å². The van der Waals surface area contributed by atoms with Crippen LogP contribution in [0.15, 0.2) is 134 Å². The van der Waals surface area contributed by atoms with Gasteiger partial charge in [-0.05, 0) is 83.5 Å². The first-order valence-corrected chi connectivity index (χ1v) is 24.8. The van der Waals surface area contributed by atoms with Crippen LogP contribution in [0.4, 0.5) is 0 Å². The molecule has 352 valence electrons. The van der Waals surface area contributed by atoms with E-state index in [1.165, 1.54) is 38.5 Å². The summed E-state index contributed by atoms with van der Waals surface area (Å²) in [5, 5.41) is 0. The Morgan fingerprint density at radius 3 is 1.03 bits per heavy atom. The maximum atomic E-state index is 12.8. The number of allylic oxidation sites excluding steroid dienone is 22. The first-order chi connectivity index (χ1) is 31.0. The molecule has 0 N–H and O–H groups in total. The van der Waals surface area contributed by atoms with Gasteiger partial charge in [-0.1, -0.05) is 219 Å². The highest BCUT2D eigenvalue weighted by Crippen LogP contribution is 2.12. The van der Waals surface area contributed by atoms with Crippen LogP contribution >= 0.6 is 0 Å². The predicted octanol–water partition coefficient (Wildman–Crippen LogP) is 16.3. The molecule has 0 spiro atoms. The second-order valence-electron chi connectivity index (χ2n) is 15.8. The maximum absolute atomic E-state index is 12.8. The summed E-state index contributed by atoms with van der Waals surface area (Å²) in [6.45, 7) is 6.25. The zero-order valence-corrected chi connectivity index (χ0v) is 40.0. The summed E-state index contributed by atoms with van der Waals surface area (Å²) in [5.74, 6) is -1.01. The predicted molar refractivity (Wildman–Crippen MR) is 269 cm³/mol. The van der Waals surface area contributed by atoms with E-state index in [1.54, 1.807) is 0 Å². The SMILES string of the molecule is CC/C=C/C=C/C=C/C=C/C=C/C=C/C=C/CCCCCC(=O)OCC(COC(=O)CCCCC/C=C/CCCCCCCC)OC(=O)CCCCCCC/C=C/C=C/C=C/CC. The fourth-order valence-corrected chi connectivity index (χ4v) is 6.18. The number of carbonyl (C=O) groups is 3. The Labute approximate surface area is 385 Å². The Morgan fingerprint density at radius 1 is 0.333 bits per heavy atom. The average Bonchev–Trinajstić information content (AvgIpc) is 3.28. The number of carbonyl (C=O) groups excluding carboxylic acids is 3. The summed E-state index contributed by atoms with van der Waals surface area (Å²) < 4.78 is 16.7. The van der Waals surface area contributed by atoms with Crippen LogP contribution in [0.25, 0.3) is 0 Å². The van der Waals surface area contributed by atoms with Crippen molar-refractivity contribution in [1.29, 1.82) is 0 Å². The lowest BCUT2D eigenvalue weighted by atomic mass is 10.1. The van der Waals surface area contributed by atoms with Gasteiger partial charge in [0.05, 0.1) is 0 Å². The second-order valence-corrected chi connectivity index (χ2v) is 15.8. The van der Waals surface area contributed by atoms with Crippen molar-refractivity contribution in [3.63, 3.8) is 0 Å². The van der Waals surface area contributed by atoms with Gasteiger partial charge < -0.3 is 14.2 Å². The van der Waals surface area contributed by atoms with Crippen molar-refractivity contribution in [1.82, 2.24) is 0 Å². The number of hydrogen-bond acceptors (Lipinski definition) is 6. The molecule has 0 aromatic heterocycles. The largest absolute Gasteiger partial charge is 0.462 e.